The predicted octanol–water partition coefficient (Wildman–Crippen LogP) is 2.30. The van der Waals surface area contributed by atoms with E-state index in [9.17, 15) is 4.79 Å². The zero-order valence-corrected chi connectivity index (χ0v) is 15.3. The Morgan fingerprint density at radius 3 is 2.58 bits per heavy atom. The Balaban J connectivity index is 1.46. The minimum Gasteiger partial charge on any atom is -0.340 e. The molecule has 0 aromatic carbocycles. The molecule has 1 atom stereocenters. The second-order valence-electron chi connectivity index (χ2n) is 6.85. The molecule has 4 nitrogen and oxygen atoms in total. The number of thiophene rings is 1. The SMILES string of the molecule is C#CCN1CCC(C(=O)N2CCN([C@@H](C)c3ccsc3)CC2)CC1. The van der Waals surface area contributed by atoms with E-state index in [-0.39, 0.29) is 5.92 Å². The standard InChI is InChI=1S/C19H27N3OS/c1-3-7-20-8-4-17(5-9-20)19(23)22-12-10-21(11-13-22)16(2)18-6-14-24-15-18/h1,6,14-17H,4-5,7-13H2,2H3/t16-/m0/s1. The maximum Gasteiger partial charge on any atom is 0.225 e. The molecular formula is C19H27N3OS. The highest BCUT2D eigenvalue weighted by Gasteiger charge is 2.31. The van der Waals surface area contributed by atoms with Crippen LogP contribution >= 0.6 is 11.3 Å². The molecule has 3 rings (SSSR count). The van der Waals surface area contributed by atoms with Crippen LogP contribution < -0.4 is 0 Å². The van der Waals surface area contributed by atoms with E-state index in [1.165, 1.54) is 5.56 Å². The Morgan fingerprint density at radius 1 is 1.29 bits per heavy atom. The summed E-state index contributed by atoms with van der Waals surface area (Å²) in [6, 6.07) is 2.65. The first-order valence-electron chi connectivity index (χ1n) is 8.90. The first kappa shape index (κ1) is 17.5. The smallest absolute Gasteiger partial charge is 0.225 e. The Morgan fingerprint density at radius 2 is 2.00 bits per heavy atom. The normalized spacial score (nSPS) is 22.2. The summed E-state index contributed by atoms with van der Waals surface area (Å²) in [6.45, 7) is 8.54. The highest BCUT2D eigenvalue weighted by molar-refractivity contribution is 7.07. The van der Waals surface area contributed by atoms with E-state index in [1.54, 1.807) is 11.3 Å². The van der Waals surface area contributed by atoms with Gasteiger partial charge >= 0.3 is 0 Å². The van der Waals surface area contributed by atoms with Crippen LogP contribution in [0, 0.1) is 18.3 Å². The molecule has 2 fully saturated rings. The summed E-state index contributed by atoms with van der Waals surface area (Å²) in [7, 11) is 0. The molecule has 3 heterocycles. The van der Waals surface area contributed by atoms with Crippen LogP contribution in [-0.4, -0.2) is 66.4 Å². The lowest BCUT2D eigenvalue weighted by atomic mass is 9.95. The van der Waals surface area contributed by atoms with Gasteiger partial charge in [-0.05, 0) is 55.2 Å². The van der Waals surface area contributed by atoms with E-state index >= 15 is 0 Å². The van der Waals surface area contributed by atoms with E-state index in [0.717, 1.165) is 52.1 Å². The van der Waals surface area contributed by atoms with Crippen molar-refractivity contribution in [1.82, 2.24) is 14.7 Å². The molecule has 130 valence electrons. The number of terminal acetylenes is 1. The Bertz CT molecular complexity index is 564. The number of piperazine rings is 1. The maximum absolute atomic E-state index is 12.8. The molecule has 0 saturated carbocycles. The molecule has 5 heteroatoms. The molecule has 0 bridgehead atoms. The first-order chi connectivity index (χ1) is 11.7. The summed E-state index contributed by atoms with van der Waals surface area (Å²) in [4.78, 5) is 19.6. The van der Waals surface area contributed by atoms with E-state index in [4.69, 9.17) is 6.42 Å². The highest BCUT2D eigenvalue weighted by atomic mass is 32.1. The van der Waals surface area contributed by atoms with Crippen molar-refractivity contribution in [3.05, 3.63) is 22.4 Å². The van der Waals surface area contributed by atoms with Crippen LogP contribution in [0.1, 0.15) is 31.4 Å². The van der Waals surface area contributed by atoms with Gasteiger partial charge in [0.25, 0.3) is 0 Å². The van der Waals surface area contributed by atoms with Crippen molar-refractivity contribution in [2.24, 2.45) is 5.92 Å². The van der Waals surface area contributed by atoms with Crippen molar-refractivity contribution in [2.75, 3.05) is 45.8 Å². The molecule has 0 radical (unpaired) electrons. The van der Waals surface area contributed by atoms with Crippen LogP contribution in [0.3, 0.4) is 0 Å². The largest absolute Gasteiger partial charge is 0.340 e. The zero-order valence-electron chi connectivity index (χ0n) is 14.5. The minimum atomic E-state index is 0.194. The summed E-state index contributed by atoms with van der Waals surface area (Å²) in [5, 5.41) is 4.37. The molecule has 0 aliphatic carbocycles. The van der Waals surface area contributed by atoms with Crippen LogP contribution in [0.15, 0.2) is 16.8 Å². The first-order valence-corrected chi connectivity index (χ1v) is 9.84. The van der Waals surface area contributed by atoms with Crippen molar-refractivity contribution < 1.29 is 4.79 Å². The lowest BCUT2D eigenvalue weighted by molar-refractivity contribution is -0.139. The van der Waals surface area contributed by atoms with E-state index < -0.39 is 0 Å². The van der Waals surface area contributed by atoms with Crippen molar-refractivity contribution in [3.63, 3.8) is 0 Å². The van der Waals surface area contributed by atoms with Gasteiger partial charge in [0, 0.05) is 38.1 Å². The molecule has 24 heavy (non-hydrogen) atoms. The summed E-state index contributed by atoms with van der Waals surface area (Å²) in [5.41, 5.74) is 1.39. The molecule has 2 aliphatic heterocycles. The molecule has 1 aromatic heterocycles. The van der Waals surface area contributed by atoms with Gasteiger partial charge in [-0.25, -0.2) is 0 Å². The predicted molar refractivity (Wildman–Crippen MR) is 98.9 cm³/mol. The van der Waals surface area contributed by atoms with Gasteiger partial charge in [-0.3, -0.25) is 14.6 Å². The van der Waals surface area contributed by atoms with Crippen LogP contribution in [0.5, 0.6) is 0 Å². The van der Waals surface area contributed by atoms with Gasteiger partial charge in [0.05, 0.1) is 6.54 Å². The molecule has 1 amide bonds. The summed E-state index contributed by atoms with van der Waals surface area (Å²) in [6.07, 6.45) is 7.27. The third-order valence-corrected chi connectivity index (χ3v) is 6.15. The number of rotatable bonds is 4. The van der Waals surface area contributed by atoms with Gasteiger partial charge in [-0.15, -0.1) is 6.42 Å². The third-order valence-electron chi connectivity index (χ3n) is 5.45. The van der Waals surface area contributed by atoms with Gasteiger partial charge < -0.3 is 4.90 Å². The van der Waals surface area contributed by atoms with Crippen LogP contribution in [0.25, 0.3) is 0 Å². The maximum atomic E-state index is 12.8. The van der Waals surface area contributed by atoms with E-state index in [1.807, 2.05) is 0 Å². The van der Waals surface area contributed by atoms with Crippen molar-refractivity contribution in [3.8, 4) is 12.3 Å². The molecule has 2 aliphatic rings. The summed E-state index contributed by atoms with van der Waals surface area (Å²) >= 11 is 1.75. The highest BCUT2D eigenvalue weighted by Crippen LogP contribution is 2.25. The number of likely N-dealkylation sites (tertiary alicyclic amines) is 1. The fraction of sp³-hybridized carbons (Fsp3) is 0.632. The second-order valence-corrected chi connectivity index (χ2v) is 7.63. The Kier molecular flexibility index (Phi) is 5.94. The number of amides is 1. The summed E-state index contributed by atoms with van der Waals surface area (Å²) in [5.74, 6) is 3.25. The van der Waals surface area contributed by atoms with Crippen LogP contribution in [0.4, 0.5) is 0 Å². The van der Waals surface area contributed by atoms with Gasteiger partial charge in [0.15, 0.2) is 0 Å². The van der Waals surface area contributed by atoms with Crippen molar-refractivity contribution in [1.29, 1.82) is 0 Å². The third kappa shape index (κ3) is 4.00. The van der Waals surface area contributed by atoms with Gasteiger partial charge in [0.2, 0.25) is 5.91 Å². The van der Waals surface area contributed by atoms with E-state index in [2.05, 4.69) is 44.4 Å². The zero-order chi connectivity index (χ0) is 16.9. The second kappa shape index (κ2) is 8.15. The molecule has 0 spiro atoms. The number of carbonyl (C=O) groups excluding carboxylic acids is 1. The quantitative estimate of drug-likeness (QED) is 0.784. The summed E-state index contributed by atoms with van der Waals surface area (Å²) < 4.78 is 0. The van der Waals surface area contributed by atoms with Crippen molar-refractivity contribution in [2.45, 2.75) is 25.8 Å². The Labute approximate surface area is 149 Å². The van der Waals surface area contributed by atoms with Crippen LogP contribution in [0.2, 0.25) is 0 Å². The molecule has 0 N–H and O–H groups in total. The number of nitrogens with zero attached hydrogens (tertiary/aromatic N) is 3. The van der Waals surface area contributed by atoms with Gasteiger partial charge in [-0.1, -0.05) is 5.92 Å². The van der Waals surface area contributed by atoms with Gasteiger partial charge in [0.1, 0.15) is 0 Å². The average Bonchev–Trinajstić information content (AvgIpc) is 3.16. The number of carbonyl (C=O) groups is 1. The number of piperidine rings is 1. The Hall–Kier alpha value is -1.35. The fourth-order valence-electron chi connectivity index (χ4n) is 3.78. The number of hydrogen-bond acceptors (Lipinski definition) is 4. The van der Waals surface area contributed by atoms with Crippen molar-refractivity contribution >= 4 is 17.2 Å². The van der Waals surface area contributed by atoms with Crippen LogP contribution in [-0.2, 0) is 4.79 Å². The molecular weight excluding hydrogens is 318 g/mol. The molecule has 2 saturated heterocycles. The van der Waals surface area contributed by atoms with E-state index in [0.29, 0.717) is 18.5 Å². The fourth-order valence-corrected chi connectivity index (χ4v) is 4.53. The average molecular weight is 346 g/mol. The lowest BCUT2D eigenvalue weighted by Crippen LogP contribution is -2.52. The minimum absolute atomic E-state index is 0.194. The number of hydrogen-bond donors (Lipinski definition) is 0. The molecule has 0 unspecified atom stereocenters. The molecule has 1 aromatic rings. The topological polar surface area (TPSA) is 26.8 Å². The monoisotopic (exact) mass is 345 g/mol. The lowest BCUT2D eigenvalue weighted by Gasteiger charge is -2.40. The van der Waals surface area contributed by atoms with Gasteiger partial charge in [-0.2, -0.15) is 11.3 Å².